The molecule has 4 heteroatoms. The topological polar surface area (TPSA) is 54.4 Å². The molecule has 1 aliphatic rings. The quantitative estimate of drug-likeness (QED) is 0.795. The standard InChI is InChI=1S/C11H16O3S/c1-11(2)6-4-3-5-10(9-11)15(13,14)8-7-12/h3-6,9,12H,7-8H2,1-2H3. The van der Waals surface area contributed by atoms with Crippen molar-refractivity contribution in [3.05, 3.63) is 35.3 Å². The Hall–Kier alpha value is -0.870. The second-order valence-corrected chi connectivity index (χ2v) is 6.24. The highest BCUT2D eigenvalue weighted by molar-refractivity contribution is 7.95. The van der Waals surface area contributed by atoms with Gasteiger partial charge in [-0.25, -0.2) is 8.42 Å². The average molecular weight is 228 g/mol. The van der Waals surface area contributed by atoms with Crippen LogP contribution in [0.1, 0.15) is 13.8 Å². The number of hydrogen-bond acceptors (Lipinski definition) is 3. The van der Waals surface area contributed by atoms with Crippen LogP contribution in [0.5, 0.6) is 0 Å². The van der Waals surface area contributed by atoms with Crippen molar-refractivity contribution in [1.82, 2.24) is 0 Å². The lowest BCUT2D eigenvalue weighted by Gasteiger charge is -2.15. The number of allylic oxidation sites excluding steroid dienone is 5. The van der Waals surface area contributed by atoms with Gasteiger partial charge in [0.1, 0.15) is 0 Å². The molecule has 0 aromatic heterocycles. The van der Waals surface area contributed by atoms with Gasteiger partial charge in [0, 0.05) is 5.41 Å². The molecule has 15 heavy (non-hydrogen) atoms. The van der Waals surface area contributed by atoms with Crippen molar-refractivity contribution in [1.29, 1.82) is 0 Å². The van der Waals surface area contributed by atoms with Gasteiger partial charge < -0.3 is 5.11 Å². The number of aliphatic hydroxyl groups is 1. The summed E-state index contributed by atoms with van der Waals surface area (Å²) in [5.41, 5.74) is -0.276. The Morgan fingerprint density at radius 1 is 1.33 bits per heavy atom. The number of hydrogen-bond donors (Lipinski definition) is 1. The lowest BCUT2D eigenvalue weighted by molar-refractivity contribution is 0.320. The summed E-state index contributed by atoms with van der Waals surface area (Å²) in [7, 11) is -3.34. The molecule has 0 unspecified atom stereocenters. The van der Waals surface area contributed by atoms with E-state index in [4.69, 9.17) is 5.11 Å². The molecule has 1 aliphatic carbocycles. The molecule has 0 saturated heterocycles. The first-order valence-electron chi connectivity index (χ1n) is 4.80. The molecular formula is C11H16O3S. The Balaban J connectivity index is 3.11. The molecule has 0 aromatic carbocycles. The summed E-state index contributed by atoms with van der Waals surface area (Å²) in [5, 5.41) is 8.69. The van der Waals surface area contributed by atoms with Gasteiger partial charge in [0.25, 0.3) is 0 Å². The third kappa shape index (κ3) is 3.32. The van der Waals surface area contributed by atoms with Crippen LogP contribution in [0.4, 0.5) is 0 Å². The highest BCUT2D eigenvalue weighted by atomic mass is 32.2. The lowest BCUT2D eigenvalue weighted by Crippen LogP contribution is -2.13. The van der Waals surface area contributed by atoms with Crippen molar-refractivity contribution in [2.45, 2.75) is 13.8 Å². The highest BCUT2D eigenvalue weighted by Gasteiger charge is 2.20. The summed E-state index contributed by atoms with van der Waals surface area (Å²) in [4.78, 5) is 0.284. The van der Waals surface area contributed by atoms with Crippen LogP contribution in [-0.4, -0.2) is 25.9 Å². The Labute approximate surface area is 90.7 Å². The van der Waals surface area contributed by atoms with Crippen molar-refractivity contribution in [3.8, 4) is 0 Å². The Kier molecular flexibility index (Phi) is 3.52. The molecule has 0 heterocycles. The zero-order chi connectivity index (χ0) is 11.5. The van der Waals surface area contributed by atoms with E-state index < -0.39 is 9.84 Å². The van der Waals surface area contributed by atoms with Crippen molar-refractivity contribution < 1.29 is 13.5 Å². The molecule has 0 radical (unpaired) electrons. The molecule has 1 N–H and O–H groups in total. The maximum Gasteiger partial charge on any atom is 0.180 e. The fourth-order valence-electron chi connectivity index (χ4n) is 1.35. The van der Waals surface area contributed by atoms with Gasteiger partial charge in [-0.1, -0.05) is 38.2 Å². The van der Waals surface area contributed by atoms with E-state index in [2.05, 4.69) is 0 Å². The van der Waals surface area contributed by atoms with E-state index in [-0.39, 0.29) is 22.7 Å². The second kappa shape index (κ2) is 4.33. The molecule has 3 nitrogen and oxygen atoms in total. The summed E-state index contributed by atoms with van der Waals surface area (Å²) in [6.45, 7) is 3.53. The molecule has 0 atom stereocenters. The van der Waals surface area contributed by atoms with E-state index in [1.807, 2.05) is 26.0 Å². The molecule has 0 aliphatic heterocycles. The Bertz CT molecular complexity index is 411. The Morgan fingerprint density at radius 2 is 2.00 bits per heavy atom. The van der Waals surface area contributed by atoms with Crippen LogP contribution in [0, 0.1) is 5.41 Å². The second-order valence-electron chi connectivity index (χ2n) is 4.13. The van der Waals surface area contributed by atoms with Gasteiger partial charge >= 0.3 is 0 Å². The van der Waals surface area contributed by atoms with Crippen molar-refractivity contribution >= 4 is 9.84 Å². The zero-order valence-corrected chi connectivity index (χ0v) is 9.79. The predicted molar refractivity (Wildman–Crippen MR) is 61.0 cm³/mol. The summed E-state index contributed by atoms with van der Waals surface area (Å²) in [6.07, 6.45) is 8.74. The van der Waals surface area contributed by atoms with Crippen molar-refractivity contribution in [3.63, 3.8) is 0 Å². The van der Waals surface area contributed by atoms with Gasteiger partial charge in [-0.2, -0.15) is 0 Å². The smallest absolute Gasteiger partial charge is 0.180 e. The van der Waals surface area contributed by atoms with Crippen LogP contribution in [-0.2, 0) is 9.84 Å². The minimum absolute atomic E-state index is 0.223. The van der Waals surface area contributed by atoms with Crippen LogP contribution in [0.25, 0.3) is 0 Å². The van der Waals surface area contributed by atoms with E-state index in [9.17, 15) is 8.42 Å². The molecule has 0 saturated carbocycles. The average Bonchev–Trinajstić information content (AvgIpc) is 2.26. The van der Waals surface area contributed by atoms with Crippen LogP contribution >= 0.6 is 0 Å². The fourth-order valence-corrected chi connectivity index (χ4v) is 2.59. The maximum absolute atomic E-state index is 11.7. The van der Waals surface area contributed by atoms with E-state index in [1.165, 1.54) is 0 Å². The first kappa shape index (κ1) is 12.2. The normalized spacial score (nSPS) is 19.8. The molecule has 0 bridgehead atoms. The number of aliphatic hydroxyl groups excluding tert-OH is 1. The third-order valence-electron chi connectivity index (χ3n) is 2.13. The largest absolute Gasteiger partial charge is 0.395 e. The van der Waals surface area contributed by atoms with Gasteiger partial charge in [-0.05, 0) is 6.08 Å². The third-order valence-corrected chi connectivity index (χ3v) is 3.82. The van der Waals surface area contributed by atoms with Gasteiger partial charge in [0.15, 0.2) is 9.84 Å². The van der Waals surface area contributed by atoms with Crippen molar-refractivity contribution in [2.75, 3.05) is 12.4 Å². The van der Waals surface area contributed by atoms with Crippen LogP contribution < -0.4 is 0 Å². The first-order chi connectivity index (χ1) is 6.87. The molecular weight excluding hydrogens is 212 g/mol. The Morgan fingerprint density at radius 3 is 2.60 bits per heavy atom. The summed E-state index contributed by atoms with van der Waals surface area (Å²) >= 11 is 0. The first-order valence-corrected chi connectivity index (χ1v) is 6.45. The SMILES string of the molecule is CC1(C)C=CC=CC(S(=O)(=O)CCO)=C1. The molecule has 0 spiro atoms. The van der Waals surface area contributed by atoms with E-state index >= 15 is 0 Å². The van der Waals surface area contributed by atoms with Crippen LogP contribution in [0.3, 0.4) is 0 Å². The van der Waals surface area contributed by atoms with Gasteiger partial charge in [0.2, 0.25) is 0 Å². The minimum Gasteiger partial charge on any atom is -0.395 e. The van der Waals surface area contributed by atoms with Gasteiger partial charge in [-0.3, -0.25) is 0 Å². The summed E-state index contributed by atoms with van der Waals surface area (Å²) in [5.74, 6) is -0.223. The predicted octanol–water partition coefficient (Wildman–Crippen LogP) is 1.43. The van der Waals surface area contributed by atoms with Gasteiger partial charge in [-0.15, -0.1) is 0 Å². The zero-order valence-electron chi connectivity index (χ0n) is 8.97. The van der Waals surface area contributed by atoms with Crippen LogP contribution in [0.2, 0.25) is 0 Å². The van der Waals surface area contributed by atoms with E-state index in [0.29, 0.717) is 0 Å². The number of sulfone groups is 1. The molecule has 0 fully saturated rings. The maximum atomic E-state index is 11.7. The van der Waals surface area contributed by atoms with Gasteiger partial charge in [0.05, 0.1) is 17.3 Å². The summed E-state index contributed by atoms with van der Waals surface area (Å²) in [6, 6.07) is 0. The minimum atomic E-state index is -3.34. The van der Waals surface area contributed by atoms with Crippen LogP contribution in [0.15, 0.2) is 35.3 Å². The van der Waals surface area contributed by atoms with Crippen molar-refractivity contribution in [2.24, 2.45) is 5.41 Å². The highest BCUT2D eigenvalue weighted by Crippen LogP contribution is 2.26. The molecule has 0 amide bonds. The van der Waals surface area contributed by atoms with E-state index in [0.717, 1.165) is 0 Å². The fraction of sp³-hybridized carbons (Fsp3) is 0.455. The number of rotatable bonds is 3. The summed E-state index contributed by atoms with van der Waals surface area (Å²) < 4.78 is 23.4. The molecule has 1 rings (SSSR count). The monoisotopic (exact) mass is 228 g/mol. The lowest BCUT2D eigenvalue weighted by atomic mass is 9.93. The molecule has 0 aromatic rings. The molecule has 84 valence electrons. The van der Waals surface area contributed by atoms with E-state index in [1.54, 1.807) is 18.2 Å².